The summed E-state index contributed by atoms with van der Waals surface area (Å²) in [4.78, 5) is 4.96. The number of pyridine rings is 1. The summed E-state index contributed by atoms with van der Waals surface area (Å²) >= 11 is 0. The predicted octanol–water partition coefficient (Wildman–Crippen LogP) is 6.42. The first-order valence-corrected chi connectivity index (χ1v) is 8.50. The van der Waals surface area contributed by atoms with Crippen molar-refractivity contribution in [1.29, 1.82) is 0 Å². The average molecular weight is 323 g/mol. The average Bonchev–Trinajstić information content (AvgIpc) is 3.00. The lowest BCUT2D eigenvalue weighted by Crippen LogP contribution is -1.90. The van der Waals surface area contributed by atoms with Gasteiger partial charge in [0.25, 0.3) is 0 Å². The maximum absolute atomic E-state index is 6.25. The van der Waals surface area contributed by atoms with Crippen molar-refractivity contribution in [2.24, 2.45) is 0 Å². The van der Waals surface area contributed by atoms with Crippen molar-refractivity contribution in [1.82, 2.24) is 4.98 Å². The molecule has 2 heterocycles. The van der Waals surface area contributed by atoms with Gasteiger partial charge in [0, 0.05) is 16.3 Å². The van der Waals surface area contributed by atoms with Gasteiger partial charge in [-0.2, -0.15) is 0 Å². The molecule has 0 bridgehead atoms. The molecule has 0 atom stereocenters. The third kappa shape index (κ3) is 2.07. The van der Waals surface area contributed by atoms with Gasteiger partial charge in [-0.1, -0.05) is 42.5 Å². The molecule has 2 heteroatoms. The number of aryl methyl sites for hydroxylation is 2. The Kier molecular flexibility index (Phi) is 2.95. The standard InChI is InChI=1S/C23H17NO/c1-14-12-18-19(13-15(14)2)24-22-17-10-6-7-11-20(17)25-23(22)21(18)16-8-4-3-5-9-16/h3-13H,1-2H3. The van der Waals surface area contributed by atoms with E-state index in [1.165, 1.54) is 11.1 Å². The fourth-order valence-electron chi connectivity index (χ4n) is 3.54. The van der Waals surface area contributed by atoms with Crippen molar-refractivity contribution in [3.8, 4) is 11.1 Å². The van der Waals surface area contributed by atoms with Crippen LogP contribution in [0, 0.1) is 13.8 Å². The normalized spacial score (nSPS) is 11.6. The van der Waals surface area contributed by atoms with E-state index in [-0.39, 0.29) is 0 Å². The molecule has 25 heavy (non-hydrogen) atoms. The van der Waals surface area contributed by atoms with Crippen molar-refractivity contribution in [2.45, 2.75) is 13.8 Å². The number of nitrogens with zero attached hydrogens (tertiary/aromatic N) is 1. The molecule has 0 amide bonds. The van der Waals surface area contributed by atoms with Crippen molar-refractivity contribution in [3.05, 3.63) is 77.9 Å². The number of hydrogen-bond acceptors (Lipinski definition) is 2. The summed E-state index contributed by atoms with van der Waals surface area (Å²) < 4.78 is 6.25. The van der Waals surface area contributed by atoms with Crippen LogP contribution in [0.15, 0.2) is 71.1 Å². The first kappa shape index (κ1) is 14.2. The lowest BCUT2D eigenvalue weighted by molar-refractivity contribution is 0.670. The van der Waals surface area contributed by atoms with Gasteiger partial charge in [-0.05, 0) is 54.8 Å². The van der Waals surface area contributed by atoms with Crippen molar-refractivity contribution in [2.75, 3.05) is 0 Å². The summed E-state index contributed by atoms with van der Waals surface area (Å²) in [5.41, 5.74) is 8.50. The highest BCUT2D eigenvalue weighted by molar-refractivity contribution is 6.15. The molecule has 0 N–H and O–H groups in total. The summed E-state index contributed by atoms with van der Waals surface area (Å²) in [5.74, 6) is 0. The molecule has 0 aliphatic carbocycles. The Balaban J connectivity index is 2.06. The summed E-state index contributed by atoms with van der Waals surface area (Å²) in [6.45, 7) is 4.28. The fourth-order valence-corrected chi connectivity index (χ4v) is 3.54. The van der Waals surface area contributed by atoms with E-state index in [4.69, 9.17) is 9.40 Å². The largest absolute Gasteiger partial charge is 0.454 e. The minimum absolute atomic E-state index is 0.864. The van der Waals surface area contributed by atoms with Gasteiger partial charge in [-0.3, -0.25) is 0 Å². The van der Waals surface area contributed by atoms with Gasteiger partial charge in [-0.25, -0.2) is 4.98 Å². The maximum Gasteiger partial charge on any atom is 0.162 e. The van der Waals surface area contributed by atoms with Gasteiger partial charge in [-0.15, -0.1) is 0 Å². The van der Waals surface area contributed by atoms with Crippen molar-refractivity contribution >= 4 is 33.0 Å². The molecule has 0 spiro atoms. The lowest BCUT2D eigenvalue weighted by Gasteiger charge is -2.10. The van der Waals surface area contributed by atoms with Gasteiger partial charge >= 0.3 is 0 Å². The van der Waals surface area contributed by atoms with E-state index in [1.807, 2.05) is 24.3 Å². The van der Waals surface area contributed by atoms with E-state index in [9.17, 15) is 0 Å². The second kappa shape index (κ2) is 5.18. The molecule has 5 rings (SSSR count). The molecule has 0 aliphatic rings. The molecule has 2 nitrogen and oxygen atoms in total. The number of aromatic nitrogens is 1. The Morgan fingerprint density at radius 3 is 2.32 bits per heavy atom. The van der Waals surface area contributed by atoms with E-state index < -0.39 is 0 Å². The molecule has 3 aromatic carbocycles. The van der Waals surface area contributed by atoms with Crippen LogP contribution in [0.4, 0.5) is 0 Å². The predicted molar refractivity (Wildman–Crippen MR) is 104 cm³/mol. The molecular formula is C23H17NO. The second-order valence-electron chi connectivity index (χ2n) is 6.58. The SMILES string of the molecule is Cc1cc2nc3c(oc4ccccc43)c(-c3ccccc3)c2cc1C. The third-order valence-electron chi connectivity index (χ3n) is 4.97. The van der Waals surface area contributed by atoms with E-state index in [0.717, 1.165) is 44.1 Å². The molecule has 2 aromatic heterocycles. The van der Waals surface area contributed by atoms with Crippen LogP contribution in [0.5, 0.6) is 0 Å². The number of para-hydroxylation sites is 1. The quantitative estimate of drug-likeness (QED) is 0.356. The molecule has 120 valence electrons. The minimum Gasteiger partial charge on any atom is -0.454 e. The molecule has 0 fully saturated rings. The fraction of sp³-hybridized carbons (Fsp3) is 0.0870. The number of furan rings is 1. The summed E-state index contributed by atoms with van der Waals surface area (Å²) in [6.07, 6.45) is 0. The first-order valence-electron chi connectivity index (χ1n) is 8.50. The van der Waals surface area contributed by atoms with E-state index in [1.54, 1.807) is 0 Å². The highest BCUT2D eigenvalue weighted by atomic mass is 16.3. The Hall–Kier alpha value is -3.13. The van der Waals surface area contributed by atoms with Gasteiger partial charge in [0.15, 0.2) is 5.58 Å². The van der Waals surface area contributed by atoms with E-state index in [2.05, 4.69) is 56.3 Å². The van der Waals surface area contributed by atoms with Gasteiger partial charge in [0.1, 0.15) is 11.1 Å². The van der Waals surface area contributed by atoms with Crippen LogP contribution >= 0.6 is 0 Å². The van der Waals surface area contributed by atoms with Gasteiger partial charge < -0.3 is 4.42 Å². The minimum atomic E-state index is 0.864. The van der Waals surface area contributed by atoms with Crippen LogP contribution in [0.2, 0.25) is 0 Å². The zero-order chi connectivity index (χ0) is 17.0. The van der Waals surface area contributed by atoms with Gasteiger partial charge in [0.2, 0.25) is 0 Å². The Labute approximate surface area is 145 Å². The van der Waals surface area contributed by atoms with Crippen LogP contribution in [-0.2, 0) is 0 Å². The van der Waals surface area contributed by atoms with E-state index >= 15 is 0 Å². The zero-order valence-corrected chi connectivity index (χ0v) is 14.2. The molecule has 0 radical (unpaired) electrons. The van der Waals surface area contributed by atoms with Crippen LogP contribution in [0.1, 0.15) is 11.1 Å². The molecule has 0 saturated carbocycles. The molecule has 0 saturated heterocycles. The number of hydrogen-bond donors (Lipinski definition) is 0. The van der Waals surface area contributed by atoms with Crippen LogP contribution in [0.3, 0.4) is 0 Å². The highest BCUT2D eigenvalue weighted by Crippen LogP contribution is 2.39. The van der Waals surface area contributed by atoms with Crippen LogP contribution in [0.25, 0.3) is 44.1 Å². The topological polar surface area (TPSA) is 26.0 Å². The number of benzene rings is 3. The Bertz CT molecular complexity index is 1250. The summed E-state index contributed by atoms with van der Waals surface area (Å²) in [5, 5.41) is 2.20. The van der Waals surface area contributed by atoms with Crippen LogP contribution < -0.4 is 0 Å². The molecule has 0 unspecified atom stereocenters. The van der Waals surface area contributed by atoms with Gasteiger partial charge in [0.05, 0.1) is 5.52 Å². The second-order valence-corrected chi connectivity index (χ2v) is 6.58. The molecule has 0 aliphatic heterocycles. The van der Waals surface area contributed by atoms with Crippen LogP contribution in [-0.4, -0.2) is 4.98 Å². The van der Waals surface area contributed by atoms with Crippen molar-refractivity contribution in [3.63, 3.8) is 0 Å². The molecular weight excluding hydrogens is 306 g/mol. The number of fused-ring (bicyclic) bond motifs is 4. The smallest absolute Gasteiger partial charge is 0.162 e. The monoisotopic (exact) mass is 323 g/mol. The zero-order valence-electron chi connectivity index (χ0n) is 14.2. The first-order chi connectivity index (χ1) is 12.2. The van der Waals surface area contributed by atoms with Crippen molar-refractivity contribution < 1.29 is 4.42 Å². The molecule has 5 aromatic rings. The maximum atomic E-state index is 6.25. The lowest BCUT2D eigenvalue weighted by atomic mass is 9.96. The number of rotatable bonds is 1. The Morgan fingerprint density at radius 1 is 0.760 bits per heavy atom. The summed E-state index contributed by atoms with van der Waals surface area (Å²) in [6, 6.07) is 23.0. The highest BCUT2D eigenvalue weighted by Gasteiger charge is 2.17. The Morgan fingerprint density at radius 2 is 1.48 bits per heavy atom. The summed E-state index contributed by atoms with van der Waals surface area (Å²) in [7, 11) is 0. The third-order valence-corrected chi connectivity index (χ3v) is 4.97. The van der Waals surface area contributed by atoms with E-state index in [0.29, 0.717) is 0 Å².